The third-order valence-electron chi connectivity index (χ3n) is 4.65. The van der Waals surface area contributed by atoms with Crippen molar-refractivity contribution in [2.45, 2.75) is 44.7 Å². The summed E-state index contributed by atoms with van der Waals surface area (Å²) in [5.74, 6) is 0.549. The van der Waals surface area contributed by atoms with Crippen molar-refractivity contribution < 1.29 is 13.2 Å². The molecule has 3 fully saturated rings. The van der Waals surface area contributed by atoms with Crippen molar-refractivity contribution in [2.75, 3.05) is 31.1 Å². The maximum absolute atomic E-state index is 12.7. The van der Waals surface area contributed by atoms with Gasteiger partial charge >= 0.3 is 0 Å². The molecule has 2 atom stereocenters. The Morgan fingerprint density at radius 3 is 2.60 bits per heavy atom. The molecule has 1 aliphatic carbocycles. The summed E-state index contributed by atoms with van der Waals surface area (Å²) in [6, 6.07) is 0.620. The normalized spacial score (nSPS) is 35.0. The smallest absolute Gasteiger partial charge is 0.239 e. The lowest BCUT2D eigenvalue weighted by Crippen LogP contribution is -2.48. The third-order valence-corrected chi connectivity index (χ3v) is 6.53. The fraction of sp³-hybridized carbons (Fsp3) is 0.929. The average molecular weight is 300 g/mol. The molecule has 0 unspecified atom stereocenters. The van der Waals surface area contributed by atoms with Gasteiger partial charge in [0.1, 0.15) is 0 Å². The van der Waals surface area contributed by atoms with Gasteiger partial charge in [-0.3, -0.25) is 9.69 Å². The highest BCUT2D eigenvalue weighted by Gasteiger charge is 2.42. The number of likely N-dealkylation sites (tertiary alicyclic amines) is 1. The zero-order valence-electron chi connectivity index (χ0n) is 12.1. The first-order valence-electron chi connectivity index (χ1n) is 7.71. The topological polar surface area (TPSA) is 57.7 Å². The van der Waals surface area contributed by atoms with Gasteiger partial charge in [0.05, 0.1) is 17.5 Å². The van der Waals surface area contributed by atoms with E-state index in [0.29, 0.717) is 19.1 Å². The zero-order chi connectivity index (χ0) is 14.3. The number of hydrogen-bond acceptors (Lipinski definition) is 4. The second-order valence-electron chi connectivity index (χ2n) is 6.63. The number of sulfone groups is 1. The predicted octanol–water partition coefficient (Wildman–Crippen LogP) is 0.506. The largest absolute Gasteiger partial charge is 0.340 e. The number of rotatable bonds is 2. The first kappa shape index (κ1) is 14.3. The molecule has 0 aromatic rings. The minimum absolute atomic E-state index is 0.00973. The Labute approximate surface area is 121 Å². The Kier molecular flexibility index (Phi) is 3.79. The molecule has 1 saturated carbocycles. The van der Waals surface area contributed by atoms with Gasteiger partial charge in [-0.15, -0.1) is 0 Å². The molecule has 2 aliphatic heterocycles. The van der Waals surface area contributed by atoms with Gasteiger partial charge in [-0.05, 0) is 38.1 Å². The molecule has 0 radical (unpaired) electrons. The molecule has 3 rings (SSSR count). The van der Waals surface area contributed by atoms with Gasteiger partial charge in [0, 0.05) is 19.1 Å². The molecule has 3 aliphatic rings. The highest BCUT2D eigenvalue weighted by molar-refractivity contribution is 7.91. The third kappa shape index (κ3) is 3.01. The van der Waals surface area contributed by atoms with Gasteiger partial charge in [0.25, 0.3) is 0 Å². The molecular formula is C14H24N2O3S. The van der Waals surface area contributed by atoms with Crippen molar-refractivity contribution in [3.05, 3.63) is 0 Å². The standard InChI is InChI=1S/C14H24N2O3S/c1-11-9-15(7-8-20(18,19)10-11)14(17)13-3-2-6-16(13)12-4-5-12/h11-13H,2-10H2,1H3/t11-,13+/m0/s1. The average Bonchev–Trinajstić information content (AvgIpc) is 3.12. The van der Waals surface area contributed by atoms with Gasteiger partial charge < -0.3 is 4.90 Å². The number of carbonyl (C=O) groups is 1. The van der Waals surface area contributed by atoms with Gasteiger partial charge in [0.15, 0.2) is 9.84 Å². The summed E-state index contributed by atoms with van der Waals surface area (Å²) in [5, 5.41) is 0. The molecule has 0 aromatic carbocycles. The summed E-state index contributed by atoms with van der Waals surface area (Å²) >= 11 is 0. The molecule has 2 saturated heterocycles. The molecule has 0 spiro atoms. The molecule has 0 N–H and O–H groups in total. The van der Waals surface area contributed by atoms with Crippen LogP contribution in [0.2, 0.25) is 0 Å². The van der Waals surface area contributed by atoms with Gasteiger partial charge in [-0.1, -0.05) is 6.92 Å². The minimum Gasteiger partial charge on any atom is -0.340 e. The lowest BCUT2D eigenvalue weighted by atomic mass is 10.1. The number of nitrogens with zero attached hydrogens (tertiary/aromatic N) is 2. The summed E-state index contributed by atoms with van der Waals surface area (Å²) in [5.41, 5.74) is 0. The van der Waals surface area contributed by atoms with Crippen LogP contribution in [0.25, 0.3) is 0 Å². The quantitative estimate of drug-likeness (QED) is 0.745. The van der Waals surface area contributed by atoms with E-state index >= 15 is 0 Å². The van der Waals surface area contributed by atoms with Crippen LogP contribution < -0.4 is 0 Å². The fourth-order valence-corrected chi connectivity index (χ4v) is 5.23. The van der Waals surface area contributed by atoms with Crippen molar-refractivity contribution >= 4 is 15.7 Å². The van der Waals surface area contributed by atoms with Crippen LogP contribution in [0.1, 0.15) is 32.6 Å². The van der Waals surface area contributed by atoms with Crippen LogP contribution in [-0.4, -0.2) is 67.3 Å². The molecule has 1 amide bonds. The highest BCUT2D eigenvalue weighted by atomic mass is 32.2. The van der Waals surface area contributed by atoms with Crippen LogP contribution in [0.15, 0.2) is 0 Å². The Balaban J connectivity index is 1.69. The number of carbonyl (C=O) groups excluding carboxylic acids is 1. The van der Waals surface area contributed by atoms with E-state index in [1.165, 1.54) is 12.8 Å². The summed E-state index contributed by atoms with van der Waals surface area (Å²) in [6.07, 6.45) is 4.46. The maximum atomic E-state index is 12.7. The van der Waals surface area contributed by atoms with Crippen molar-refractivity contribution in [1.29, 1.82) is 0 Å². The van der Waals surface area contributed by atoms with Gasteiger partial charge in [-0.2, -0.15) is 0 Å². The first-order chi connectivity index (χ1) is 9.46. The molecular weight excluding hydrogens is 276 g/mol. The number of amides is 1. The Bertz CT molecular complexity index is 487. The molecule has 0 aromatic heterocycles. The molecule has 0 bridgehead atoms. The second kappa shape index (κ2) is 5.30. The van der Waals surface area contributed by atoms with Gasteiger partial charge in [0.2, 0.25) is 5.91 Å². The Morgan fingerprint density at radius 2 is 1.90 bits per heavy atom. The van der Waals surface area contributed by atoms with Crippen molar-refractivity contribution in [3.8, 4) is 0 Å². The zero-order valence-corrected chi connectivity index (χ0v) is 12.9. The second-order valence-corrected chi connectivity index (χ2v) is 8.86. The lowest BCUT2D eigenvalue weighted by molar-refractivity contribution is -0.136. The van der Waals surface area contributed by atoms with Crippen molar-refractivity contribution in [3.63, 3.8) is 0 Å². The Morgan fingerprint density at radius 1 is 1.15 bits per heavy atom. The van der Waals surface area contributed by atoms with E-state index in [9.17, 15) is 13.2 Å². The fourth-order valence-electron chi connectivity index (χ4n) is 3.59. The van der Waals surface area contributed by atoms with Crippen LogP contribution in [0.4, 0.5) is 0 Å². The highest BCUT2D eigenvalue weighted by Crippen LogP contribution is 2.34. The van der Waals surface area contributed by atoms with Gasteiger partial charge in [-0.25, -0.2) is 8.42 Å². The van der Waals surface area contributed by atoms with E-state index in [-0.39, 0.29) is 29.4 Å². The lowest BCUT2D eigenvalue weighted by Gasteiger charge is -2.30. The minimum atomic E-state index is -2.98. The summed E-state index contributed by atoms with van der Waals surface area (Å²) < 4.78 is 23.6. The van der Waals surface area contributed by atoms with Crippen LogP contribution in [0.5, 0.6) is 0 Å². The van der Waals surface area contributed by atoms with E-state index in [4.69, 9.17) is 0 Å². The predicted molar refractivity (Wildman–Crippen MR) is 77.1 cm³/mol. The molecule has 20 heavy (non-hydrogen) atoms. The molecule has 2 heterocycles. The van der Waals surface area contributed by atoms with E-state index in [1.807, 2.05) is 6.92 Å². The van der Waals surface area contributed by atoms with Crippen molar-refractivity contribution in [2.24, 2.45) is 5.92 Å². The molecule has 5 nitrogen and oxygen atoms in total. The molecule has 6 heteroatoms. The summed E-state index contributed by atoms with van der Waals surface area (Å²) in [4.78, 5) is 16.9. The SMILES string of the molecule is C[C@H]1CN(C(=O)[C@H]2CCCN2C2CC2)CCS(=O)(=O)C1. The van der Waals surface area contributed by atoms with Crippen LogP contribution in [-0.2, 0) is 14.6 Å². The molecule has 114 valence electrons. The van der Waals surface area contributed by atoms with Crippen LogP contribution >= 0.6 is 0 Å². The monoisotopic (exact) mass is 300 g/mol. The van der Waals surface area contributed by atoms with Crippen LogP contribution in [0.3, 0.4) is 0 Å². The summed E-state index contributed by atoms with van der Waals surface area (Å²) in [6.45, 7) is 3.92. The van der Waals surface area contributed by atoms with E-state index in [1.54, 1.807) is 4.90 Å². The first-order valence-corrected chi connectivity index (χ1v) is 9.53. The maximum Gasteiger partial charge on any atom is 0.239 e. The number of hydrogen-bond donors (Lipinski definition) is 0. The Hall–Kier alpha value is -0.620. The van der Waals surface area contributed by atoms with E-state index < -0.39 is 9.84 Å². The summed E-state index contributed by atoms with van der Waals surface area (Å²) in [7, 11) is -2.98. The van der Waals surface area contributed by atoms with Crippen molar-refractivity contribution in [1.82, 2.24) is 9.80 Å². The van der Waals surface area contributed by atoms with E-state index in [0.717, 1.165) is 19.4 Å². The van der Waals surface area contributed by atoms with Crippen LogP contribution in [0, 0.1) is 5.92 Å². The van der Waals surface area contributed by atoms with E-state index in [2.05, 4.69) is 4.90 Å².